The molecule has 0 atom stereocenters. The summed E-state index contributed by atoms with van der Waals surface area (Å²) in [6, 6.07) is 28.7. The Balaban J connectivity index is 0.000000172. The van der Waals surface area contributed by atoms with E-state index in [-0.39, 0.29) is 18.5 Å². The molecule has 4 aromatic carbocycles. The van der Waals surface area contributed by atoms with Crippen LogP contribution in [0.3, 0.4) is 0 Å². The first-order valence-electron chi connectivity index (χ1n) is 20.3. The van der Waals surface area contributed by atoms with Crippen LogP contribution in [0.1, 0.15) is 119 Å². The zero-order valence-electron chi connectivity index (χ0n) is 32.6. The molecule has 8 rings (SSSR count). The summed E-state index contributed by atoms with van der Waals surface area (Å²) in [7, 11) is 2.84. The minimum atomic E-state index is -0.321. The number of methoxy groups -OCH3 is 2. The van der Waals surface area contributed by atoms with E-state index < -0.39 is 0 Å². The number of alkyl halides is 1. The van der Waals surface area contributed by atoms with Gasteiger partial charge in [0, 0.05) is 44.9 Å². The van der Waals surface area contributed by atoms with Gasteiger partial charge in [0.25, 0.3) is 0 Å². The van der Waals surface area contributed by atoms with Crippen LogP contribution in [0.4, 0.5) is 0 Å². The number of esters is 2. The quantitative estimate of drug-likeness (QED) is 0.0943. The summed E-state index contributed by atoms with van der Waals surface area (Å²) in [4.78, 5) is 31.3. The molecule has 2 aliphatic rings. The summed E-state index contributed by atoms with van der Waals surface area (Å²) in [6.45, 7) is 0.127. The van der Waals surface area contributed by atoms with Crippen molar-refractivity contribution in [2.75, 3.05) is 26.2 Å². The van der Waals surface area contributed by atoms with E-state index in [1.54, 1.807) is 0 Å². The summed E-state index contributed by atoms with van der Waals surface area (Å²) in [5.41, 5.74) is 13.2. The largest absolute Gasteiger partial charge is 0.465 e. The Labute approximate surface area is 338 Å². The number of carbonyl (C=O) groups excluding carboxylic acids is 2. The van der Waals surface area contributed by atoms with Gasteiger partial charge in [-0.2, -0.15) is 0 Å². The maximum Gasteiger partial charge on any atom is 0.337 e. The van der Waals surface area contributed by atoms with Crippen molar-refractivity contribution in [2.24, 2.45) is 0 Å². The lowest BCUT2D eigenvalue weighted by atomic mass is 9.81. The van der Waals surface area contributed by atoms with Crippen LogP contribution in [0, 0.1) is 0 Å². The molecule has 2 aromatic heterocycles. The van der Waals surface area contributed by atoms with Gasteiger partial charge < -0.3 is 24.5 Å². The molecule has 292 valence electrons. The van der Waals surface area contributed by atoms with Crippen LogP contribution in [0.15, 0.2) is 84.9 Å². The van der Waals surface area contributed by atoms with E-state index >= 15 is 0 Å². The van der Waals surface area contributed by atoms with E-state index in [0.717, 1.165) is 39.6 Å². The number of aromatic amines is 2. The van der Waals surface area contributed by atoms with Gasteiger partial charge in [-0.3, -0.25) is 0 Å². The molecular weight excluding hydrogens is 764 g/mol. The van der Waals surface area contributed by atoms with Crippen molar-refractivity contribution in [3.8, 4) is 22.5 Å². The molecule has 2 aliphatic carbocycles. The maximum absolute atomic E-state index is 12.0. The number of aryl methyl sites for hydroxylation is 1. The molecule has 0 unspecified atom stereocenters. The van der Waals surface area contributed by atoms with E-state index in [4.69, 9.17) is 9.47 Å². The fraction of sp³-hybridized carbons (Fsp3) is 0.375. The summed E-state index contributed by atoms with van der Waals surface area (Å²) in [5, 5.41) is 12.9. The molecule has 8 heteroatoms. The minimum Gasteiger partial charge on any atom is -0.465 e. The van der Waals surface area contributed by atoms with Crippen LogP contribution >= 0.6 is 15.9 Å². The fourth-order valence-corrected chi connectivity index (χ4v) is 9.60. The van der Waals surface area contributed by atoms with Gasteiger partial charge in [-0.05, 0) is 96.9 Å². The second-order valence-corrected chi connectivity index (χ2v) is 16.0. The third kappa shape index (κ3) is 8.37. The Bertz CT molecular complexity index is 2130. The van der Waals surface area contributed by atoms with Crippen molar-refractivity contribution in [3.05, 3.63) is 118 Å². The molecule has 2 heterocycles. The van der Waals surface area contributed by atoms with Gasteiger partial charge in [0.1, 0.15) is 0 Å². The van der Waals surface area contributed by atoms with E-state index in [2.05, 4.69) is 74.4 Å². The van der Waals surface area contributed by atoms with Crippen molar-refractivity contribution in [2.45, 2.75) is 88.9 Å². The number of aromatic nitrogens is 2. The number of hydrogen-bond acceptors (Lipinski definition) is 5. The van der Waals surface area contributed by atoms with E-state index in [0.29, 0.717) is 29.4 Å². The summed E-state index contributed by atoms with van der Waals surface area (Å²) >= 11 is 3.59. The van der Waals surface area contributed by atoms with Crippen LogP contribution in [-0.4, -0.2) is 53.2 Å². The number of carbonyl (C=O) groups is 2. The van der Waals surface area contributed by atoms with Gasteiger partial charge >= 0.3 is 11.9 Å². The van der Waals surface area contributed by atoms with Crippen molar-refractivity contribution in [1.82, 2.24) is 9.97 Å². The van der Waals surface area contributed by atoms with Crippen LogP contribution < -0.4 is 0 Å². The number of benzene rings is 4. The number of hydrogen-bond donors (Lipinski definition) is 3. The Hall–Kier alpha value is -4.66. The van der Waals surface area contributed by atoms with Crippen LogP contribution in [0.5, 0.6) is 0 Å². The molecular formula is C48H53BrN2O5. The standard InChI is InChI=1S/C24H26BrNO2.C24H27NO3/c1-28-24(27)18-11-12-20-21(15-18)26-23(22(20)17-8-3-2-4-9-17)19-10-6-5-7-16(19)13-14-25;1-28-24(27)18-11-12-20-21(15-18)25-23(22(20)17-8-3-2-4-9-17)19-10-6-5-7-16(19)13-14-26/h5-7,10-12,15,17,26H,2-4,8-9,13-14H2,1H3;5-7,10-12,15,17,25-26H,2-4,8-9,13-14H2,1H3. The van der Waals surface area contributed by atoms with Crippen LogP contribution in [0.2, 0.25) is 0 Å². The second kappa shape index (κ2) is 18.5. The molecule has 7 nitrogen and oxygen atoms in total. The number of halogens is 1. The third-order valence-corrected chi connectivity index (χ3v) is 12.3. The van der Waals surface area contributed by atoms with Gasteiger partial charge in [0.05, 0.1) is 36.7 Å². The predicted molar refractivity (Wildman–Crippen MR) is 230 cm³/mol. The zero-order valence-corrected chi connectivity index (χ0v) is 34.2. The first kappa shape index (κ1) is 39.6. The average Bonchev–Trinajstić information content (AvgIpc) is 3.83. The first-order valence-corrected chi connectivity index (χ1v) is 21.4. The Morgan fingerprint density at radius 3 is 1.46 bits per heavy atom. The summed E-state index contributed by atoms with van der Waals surface area (Å²) in [5.74, 6) is 0.470. The van der Waals surface area contributed by atoms with Gasteiger partial charge in [0.15, 0.2) is 0 Å². The van der Waals surface area contributed by atoms with Gasteiger partial charge in [-0.25, -0.2) is 9.59 Å². The van der Waals surface area contributed by atoms with Crippen LogP contribution in [0.25, 0.3) is 44.3 Å². The summed E-state index contributed by atoms with van der Waals surface area (Å²) < 4.78 is 9.81. The fourth-order valence-electron chi connectivity index (χ4n) is 9.17. The number of fused-ring (bicyclic) bond motifs is 2. The first-order chi connectivity index (χ1) is 27.4. The predicted octanol–water partition coefficient (Wildman–Crippen LogP) is 11.8. The molecule has 0 spiro atoms. The number of aliphatic hydroxyl groups is 1. The number of H-pyrrole nitrogens is 2. The normalized spacial score (nSPS) is 15.1. The Morgan fingerprint density at radius 1 is 0.625 bits per heavy atom. The van der Waals surface area contributed by atoms with Crippen molar-refractivity contribution < 1.29 is 24.2 Å². The highest BCUT2D eigenvalue weighted by Crippen LogP contribution is 2.45. The highest BCUT2D eigenvalue weighted by Gasteiger charge is 2.27. The second-order valence-electron chi connectivity index (χ2n) is 15.2. The molecule has 0 radical (unpaired) electrons. The van der Waals surface area contributed by atoms with E-state index in [9.17, 15) is 14.7 Å². The smallest absolute Gasteiger partial charge is 0.337 e. The Kier molecular flexibility index (Phi) is 13.1. The number of aliphatic hydroxyl groups excluding tert-OH is 1. The molecule has 56 heavy (non-hydrogen) atoms. The Morgan fingerprint density at radius 2 is 1.05 bits per heavy atom. The number of rotatable bonds is 10. The minimum absolute atomic E-state index is 0.127. The zero-order chi connectivity index (χ0) is 39.0. The number of ether oxygens (including phenoxy) is 2. The average molecular weight is 818 g/mol. The highest BCUT2D eigenvalue weighted by atomic mass is 79.9. The van der Waals surface area contributed by atoms with E-state index in [1.165, 1.54) is 117 Å². The topological polar surface area (TPSA) is 104 Å². The molecule has 2 fully saturated rings. The molecule has 6 aromatic rings. The lowest BCUT2D eigenvalue weighted by Crippen LogP contribution is -2.06. The lowest BCUT2D eigenvalue weighted by molar-refractivity contribution is 0.0592. The monoisotopic (exact) mass is 816 g/mol. The molecule has 0 bridgehead atoms. The van der Waals surface area contributed by atoms with Crippen molar-refractivity contribution in [3.63, 3.8) is 0 Å². The van der Waals surface area contributed by atoms with Gasteiger partial charge in [-0.1, -0.05) is 115 Å². The molecule has 0 aliphatic heterocycles. The molecule has 3 N–H and O–H groups in total. The van der Waals surface area contributed by atoms with Crippen LogP contribution in [-0.2, 0) is 22.3 Å². The molecule has 0 saturated heterocycles. The van der Waals surface area contributed by atoms with Crippen molar-refractivity contribution >= 4 is 49.7 Å². The van der Waals surface area contributed by atoms with Gasteiger partial charge in [0.2, 0.25) is 0 Å². The van der Waals surface area contributed by atoms with Gasteiger partial charge in [-0.15, -0.1) is 0 Å². The molecule has 0 amide bonds. The van der Waals surface area contributed by atoms with Crippen molar-refractivity contribution in [1.29, 1.82) is 0 Å². The third-order valence-electron chi connectivity index (χ3n) is 11.9. The highest BCUT2D eigenvalue weighted by molar-refractivity contribution is 9.09. The van der Waals surface area contributed by atoms with E-state index in [1.807, 2.05) is 36.4 Å². The molecule has 2 saturated carbocycles. The number of nitrogens with one attached hydrogen (secondary N) is 2. The summed E-state index contributed by atoms with van der Waals surface area (Å²) in [6.07, 6.45) is 14.2. The SMILES string of the molecule is COC(=O)c1ccc2c(C3CCCCC3)c(-c3ccccc3CCBr)[nH]c2c1.COC(=O)c1ccc2c(C3CCCCC3)c(-c3ccccc3CCO)[nH]c2c1. The maximum atomic E-state index is 12.0. The lowest BCUT2D eigenvalue weighted by Gasteiger charge is -2.23.